The van der Waals surface area contributed by atoms with Gasteiger partial charge in [-0.25, -0.2) is 0 Å². The minimum atomic E-state index is 0.584. The number of rotatable bonds is 4. The molecule has 0 fully saturated rings. The molecule has 0 aliphatic carbocycles. The Kier molecular flexibility index (Phi) is 5.17. The normalized spacial score (nSPS) is 10.7. The lowest BCUT2D eigenvalue weighted by atomic mass is 10.1. The largest absolute Gasteiger partial charge is 0.326 e. The molecular formula is C15H15Cl2NS. The van der Waals surface area contributed by atoms with Gasteiger partial charge in [0.25, 0.3) is 0 Å². The van der Waals surface area contributed by atoms with Crippen LogP contribution in [0, 0.1) is 6.92 Å². The summed E-state index contributed by atoms with van der Waals surface area (Å²) in [6, 6.07) is 12.1. The molecule has 0 atom stereocenters. The van der Waals surface area contributed by atoms with Gasteiger partial charge in [-0.05, 0) is 41.8 Å². The molecule has 19 heavy (non-hydrogen) atoms. The predicted octanol–water partition coefficient (Wildman–Crippen LogP) is 5.05. The molecule has 2 aromatic rings. The molecule has 0 spiro atoms. The number of hydrogen-bond acceptors (Lipinski definition) is 2. The maximum Gasteiger partial charge on any atom is 0.0603 e. The molecule has 0 aliphatic rings. The lowest BCUT2D eigenvalue weighted by Gasteiger charge is -2.08. The van der Waals surface area contributed by atoms with Gasteiger partial charge >= 0.3 is 0 Å². The highest BCUT2D eigenvalue weighted by Crippen LogP contribution is 2.30. The molecule has 0 amide bonds. The molecule has 0 saturated carbocycles. The van der Waals surface area contributed by atoms with Crippen LogP contribution in [0.4, 0.5) is 0 Å². The van der Waals surface area contributed by atoms with Crippen LogP contribution in [0.5, 0.6) is 0 Å². The number of hydrogen-bond donors (Lipinski definition) is 1. The van der Waals surface area contributed by atoms with Gasteiger partial charge in [0.15, 0.2) is 0 Å². The van der Waals surface area contributed by atoms with Crippen molar-refractivity contribution in [1.82, 2.24) is 0 Å². The average Bonchev–Trinajstić information content (AvgIpc) is 2.41. The Labute approximate surface area is 128 Å². The summed E-state index contributed by atoms with van der Waals surface area (Å²) in [4.78, 5) is 1.12. The van der Waals surface area contributed by atoms with E-state index in [1.807, 2.05) is 18.2 Å². The number of nitrogens with two attached hydrogens (primary N) is 1. The summed E-state index contributed by atoms with van der Waals surface area (Å²) in [6.07, 6.45) is 0. The third-order valence-electron chi connectivity index (χ3n) is 2.93. The van der Waals surface area contributed by atoms with Gasteiger partial charge in [0.2, 0.25) is 0 Å². The summed E-state index contributed by atoms with van der Waals surface area (Å²) in [5, 5.41) is 1.19. The second-order valence-corrected chi connectivity index (χ2v) is 6.19. The molecule has 0 saturated heterocycles. The molecule has 0 radical (unpaired) electrons. The van der Waals surface area contributed by atoms with Gasteiger partial charge in [-0.2, -0.15) is 0 Å². The van der Waals surface area contributed by atoms with E-state index in [0.717, 1.165) is 10.6 Å². The number of halogens is 2. The molecule has 0 aromatic heterocycles. The van der Waals surface area contributed by atoms with Gasteiger partial charge in [0, 0.05) is 17.2 Å². The second kappa shape index (κ2) is 6.67. The number of aryl methyl sites for hydroxylation is 1. The molecule has 2 N–H and O–H groups in total. The summed E-state index contributed by atoms with van der Waals surface area (Å²) in [7, 11) is 0. The minimum absolute atomic E-state index is 0.584. The van der Waals surface area contributed by atoms with Gasteiger partial charge < -0.3 is 5.73 Å². The van der Waals surface area contributed by atoms with Crippen LogP contribution in [0.15, 0.2) is 41.3 Å². The van der Waals surface area contributed by atoms with Crippen LogP contribution in [-0.2, 0) is 12.3 Å². The standard InChI is InChI=1S/C15H15Cl2NS/c1-10-6-11(8-18)2-3-12(10)9-19-13-4-5-14(16)15(17)7-13/h2-7H,8-9,18H2,1H3. The maximum absolute atomic E-state index is 6.01. The molecule has 0 aliphatic heterocycles. The van der Waals surface area contributed by atoms with Crippen molar-refractivity contribution in [3.8, 4) is 0 Å². The van der Waals surface area contributed by atoms with Crippen molar-refractivity contribution in [3.05, 3.63) is 63.1 Å². The van der Waals surface area contributed by atoms with Crippen molar-refractivity contribution in [2.45, 2.75) is 24.1 Å². The van der Waals surface area contributed by atoms with Crippen molar-refractivity contribution < 1.29 is 0 Å². The third kappa shape index (κ3) is 3.90. The fourth-order valence-corrected chi connectivity index (χ4v) is 3.15. The van der Waals surface area contributed by atoms with Crippen LogP contribution in [0.1, 0.15) is 16.7 Å². The summed E-state index contributed by atoms with van der Waals surface area (Å²) < 4.78 is 0. The highest BCUT2D eigenvalue weighted by molar-refractivity contribution is 7.98. The lowest BCUT2D eigenvalue weighted by molar-refractivity contribution is 1.06. The van der Waals surface area contributed by atoms with Gasteiger partial charge in [-0.1, -0.05) is 41.4 Å². The monoisotopic (exact) mass is 311 g/mol. The van der Waals surface area contributed by atoms with Crippen LogP contribution in [0.2, 0.25) is 10.0 Å². The van der Waals surface area contributed by atoms with E-state index in [-0.39, 0.29) is 0 Å². The first-order valence-electron chi connectivity index (χ1n) is 5.96. The third-order valence-corrected chi connectivity index (χ3v) is 4.71. The van der Waals surface area contributed by atoms with E-state index >= 15 is 0 Å². The first kappa shape index (κ1) is 14.7. The van der Waals surface area contributed by atoms with Crippen LogP contribution >= 0.6 is 35.0 Å². The Bertz CT molecular complexity index is 584. The summed E-state index contributed by atoms with van der Waals surface area (Å²) in [6.45, 7) is 2.70. The maximum atomic E-state index is 6.01. The number of benzene rings is 2. The van der Waals surface area contributed by atoms with Gasteiger partial charge in [-0.3, -0.25) is 0 Å². The van der Waals surface area contributed by atoms with Gasteiger partial charge in [0.1, 0.15) is 0 Å². The fraction of sp³-hybridized carbons (Fsp3) is 0.200. The second-order valence-electron chi connectivity index (χ2n) is 4.33. The van der Waals surface area contributed by atoms with Crippen molar-refractivity contribution in [1.29, 1.82) is 0 Å². The van der Waals surface area contributed by atoms with Crippen LogP contribution in [-0.4, -0.2) is 0 Å². The lowest BCUT2D eigenvalue weighted by Crippen LogP contribution is -1.97. The highest BCUT2D eigenvalue weighted by Gasteiger charge is 2.03. The highest BCUT2D eigenvalue weighted by atomic mass is 35.5. The Balaban J connectivity index is 2.07. The zero-order valence-electron chi connectivity index (χ0n) is 10.6. The summed E-state index contributed by atoms with van der Waals surface area (Å²) in [5.41, 5.74) is 9.39. The van der Waals surface area contributed by atoms with Crippen molar-refractivity contribution in [2.24, 2.45) is 5.73 Å². The quantitative estimate of drug-likeness (QED) is 0.799. The van der Waals surface area contributed by atoms with Crippen LogP contribution in [0.3, 0.4) is 0 Å². The van der Waals surface area contributed by atoms with Crippen LogP contribution < -0.4 is 5.73 Å². The first-order valence-corrected chi connectivity index (χ1v) is 7.70. The van der Waals surface area contributed by atoms with Crippen molar-refractivity contribution >= 4 is 35.0 Å². The minimum Gasteiger partial charge on any atom is -0.326 e. The molecule has 0 heterocycles. The molecule has 100 valence electrons. The predicted molar refractivity (Wildman–Crippen MR) is 85.1 cm³/mol. The van der Waals surface area contributed by atoms with Crippen molar-refractivity contribution in [3.63, 3.8) is 0 Å². The zero-order chi connectivity index (χ0) is 13.8. The SMILES string of the molecule is Cc1cc(CN)ccc1CSc1ccc(Cl)c(Cl)c1. The van der Waals surface area contributed by atoms with E-state index in [4.69, 9.17) is 28.9 Å². The Morgan fingerprint density at radius 2 is 1.84 bits per heavy atom. The molecule has 2 rings (SSSR count). The average molecular weight is 312 g/mol. The summed E-state index contributed by atoms with van der Waals surface area (Å²) >= 11 is 13.7. The summed E-state index contributed by atoms with van der Waals surface area (Å²) in [5.74, 6) is 0.911. The molecule has 2 aromatic carbocycles. The smallest absolute Gasteiger partial charge is 0.0603 e. The zero-order valence-corrected chi connectivity index (χ0v) is 12.9. The van der Waals surface area contributed by atoms with E-state index < -0.39 is 0 Å². The molecular weight excluding hydrogens is 297 g/mol. The molecule has 0 bridgehead atoms. The fourth-order valence-electron chi connectivity index (χ4n) is 1.77. The molecule has 0 unspecified atom stereocenters. The first-order chi connectivity index (χ1) is 9.10. The van der Waals surface area contributed by atoms with Crippen molar-refractivity contribution in [2.75, 3.05) is 0 Å². The topological polar surface area (TPSA) is 26.0 Å². The Morgan fingerprint density at radius 3 is 2.47 bits per heavy atom. The van der Waals surface area contributed by atoms with E-state index in [2.05, 4.69) is 25.1 Å². The van der Waals surface area contributed by atoms with E-state index in [1.165, 1.54) is 16.7 Å². The van der Waals surface area contributed by atoms with Gasteiger partial charge in [0.05, 0.1) is 10.0 Å². The number of thioether (sulfide) groups is 1. The van der Waals surface area contributed by atoms with E-state index in [1.54, 1.807) is 11.8 Å². The van der Waals surface area contributed by atoms with E-state index in [0.29, 0.717) is 16.6 Å². The molecule has 4 heteroatoms. The Hall–Kier alpha value is -0.670. The molecule has 1 nitrogen and oxygen atoms in total. The van der Waals surface area contributed by atoms with Gasteiger partial charge in [-0.15, -0.1) is 11.8 Å². The van der Waals surface area contributed by atoms with E-state index in [9.17, 15) is 0 Å². The Morgan fingerprint density at radius 1 is 1.05 bits per heavy atom. The van der Waals surface area contributed by atoms with Crippen LogP contribution in [0.25, 0.3) is 0 Å².